The number of allylic oxidation sites excluding steroid dienone is 1. The maximum absolute atomic E-state index is 12.4. The SMILES string of the molecule is COCCNc1cc(C(=O)Nc2nnc(N=C(Cl)C=CN)s2)oc(=O)c1OC. The van der Waals surface area contributed by atoms with Gasteiger partial charge in [-0.05, 0) is 12.3 Å². The Bertz CT molecular complexity index is 941. The third kappa shape index (κ3) is 5.77. The van der Waals surface area contributed by atoms with Gasteiger partial charge in [0, 0.05) is 19.7 Å². The molecular weight excluding hydrogens is 412 g/mol. The van der Waals surface area contributed by atoms with Crippen LogP contribution in [0.5, 0.6) is 5.75 Å². The van der Waals surface area contributed by atoms with Crippen LogP contribution >= 0.6 is 22.9 Å². The second-order valence-electron chi connectivity index (χ2n) is 4.90. The van der Waals surface area contributed by atoms with Crippen LogP contribution in [-0.4, -0.2) is 48.6 Å². The van der Waals surface area contributed by atoms with Gasteiger partial charge >= 0.3 is 5.63 Å². The highest BCUT2D eigenvalue weighted by atomic mass is 35.5. The molecule has 2 rings (SSSR count). The summed E-state index contributed by atoms with van der Waals surface area (Å²) < 4.78 is 15.0. The molecular formula is C15H17ClN6O5S. The molecule has 0 saturated carbocycles. The molecule has 0 bridgehead atoms. The third-order valence-electron chi connectivity index (χ3n) is 3.03. The quantitative estimate of drug-likeness (QED) is 0.398. The lowest BCUT2D eigenvalue weighted by molar-refractivity contribution is 0.0991. The molecule has 0 fully saturated rings. The summed E-state index contributed by atoms with van der Waals surface area (Å²) in [5.74, 6) is -0.993. The van der Waals surface area contributed by atoms with Gasteiger partial charge < -0.3 is 24.9 Å². The van der Waals surface area contributed by atoms with Crippen LogP contribution in [0.25, 0.3) is 0 Å². The van der Waals surface area contributed by atoms with Crippen LogP contribution in [0.1, 0.15) is 10.6 Å². The average Bonchev–Trinajstić information content (AvgIpc) is 3.08. The van der Waals surface area contributed by atoms with E-state index in [9.17, 15) is 9.59 Å². The summed E-state index contributed by atoms with van der Waals surface area (Å²) in [7, 11) is 2.86. The standard InChI is InChI=1S/C15H17ClN6O5S/c1-25-6-5-18-8-7-9(27-13(24)11(8)26-2)12(23)20-15-22-21-14(28-15)19-10(16)3-4-17/h3-4,7,18H,5-6,17H2,1-2H3,(H,20,22,23). The maximum Gasteiger partial charge on any atom is 0.381 e. The van der Waals surface area contributed by atoms with Crippen LogP contribution in [-0.2, 0) is 4.74 Å². The lowest BCUT2D eigenvalue weighted by Gasteiger charge is -2.10. The van der Waals surface area contributed by atoms with Crippen molar-refractivity contribution in [1.82, 2.24) is 10.2 Å². The molecule has 0 radical (unpaired) electrons. The van der Waals surface area contributed by atoms with Gasteiger partial charge in [-0.1, -0.05) is 22.9 Å². The van der Waals surface area contributed by atoms with Crippen molar-refractivity contribution in [1.29, 1.82) is 0 Å². The molecule has 2 aromatic rings. The fourth-order valence-electron chi connectivity index (χ4n) is 1.88. The molecule has 0 aliphatic heterocycles. The van der Waals surface area contributed by atoms with Crippen LogP contribution < -0.4 is 26.7 Å². The predicted molar refractivity (Wildman–Crippen MR) is 106 cm³/mol. The first-order valence-corrected chi connectivity index (χ1v) is 8.90. The first kappa shape index (κ1) is 21.3. The Morgan fingerprint density at radius 1 is 1.46 bits per heavy atom. The lowest BCUT2D eigenvalue weighted by atomic mass is 10.3. The minimum Gasteiger partial charge on any atom is -0.488 e. The summed E-state index contributed by atoms with van der Waals surface area (Å²) in [4.78, 5) is 28.4. The van der Waals surface area contributed by atoms with Gasteiger partial charge in [-0.3, -0.25) is 10.1 Å². The molecule has 0 saturated heterocycles. The number of methoxy groups -OCH3 is 2. The molecule has 0 atom stereocenters. The Kier molecular flexibility index (Phi) is 7.92. The highest BCUT2D eigenvalue weighted by Gasteiger charge is 2.18. The second-order valence-corrected chi connectivity index (χ2v) is 6.25. The van der Waals surface area contributed by atoms with Crippen molar-refractivity contribution in [2.24, 2.45) is 10.7 Å². The second kappa shape index (κ2) is 10.4. The van der Waals surface area contributed by atoms with E-state index in [1.54, 1.807) is 0 Å². The van der Waals surface area contributed by atoms with Crippen LogP contribution in [0.3, 0.4) is 0 Å². The van der Waals surface area contributed by atoms with Crippen molar-refractivity contribution in [3.05, 3.63) is 34.5 Å². The van der Waals surface area contributed by atoms with Gasteiger partial charge in [-0.2, -0.15) is 0 Å². The summed E-state index contributed by atoms with van der Waals surface area (Å²) in [6.45, 7) is 0.786. The average molecular weight is 429 g/mol. The molecule has 4 N–H and O–H groups in total. The Morgan fingerprint density at radius 3 is 2.93 bits per heavy atom. The van der Waals surface area contributed by atoms with Crippen molar-refractivity contribution in [2.45, 2.75) is 0 Å². The first-order chi connectivity index (χ1) is 13.5. The Morgan fingerprint density at radius 2 is 2.25 bits per heavy atom. The number of nitrogens with one attached hydrogen (secondary N) is 2. The number of carbonyl (C=O) groups is 1. The summed E-state index contributed by atoms with van der Waals surface area (Å²) in [5, 5.41) is 13.4. The Labute approximate surface area is 168 Å². The number of aromatic nitrogens is 2. The van der Waals surface area contributed by atoms with E-state index in [0.717, 1.165) is 11.3 Å². The van der Waals surface area contributed by atoms with Crippen LogP contribution in [0.2, 0.25) is 0 Å². The third-order valence-corrected chi connectivity index (χ3v) is 3.97. The van der Waals surface area contributed by atoms with Gasteiger partial charge in [-0.25, -0.2) is 9.79 Å². The summed E-state index contributed by atoms with van der Waals surface area (Å²) in [6.07, 6.45) is 2.59. The molecule has 13 heteroatoms. The number of anilines is 2. The van der Waals surface area contributed by atoms with Gasteiger partial charge in [0.05, 0.1) is 19.4 Å². The van der Waals surface area contributed by atoms with Gasteiger partial charge in [0.1, 0.15) is 5.17 Å². The van der Waals surface area contributed by atoms with Gasteiger partial charge in [0.2, 0.25) is 16.0 Å². The topological polar surface area (TPSA) is 154 Å². The molecule has 11 nitrogen and oxygen atoms in total. The summed E-state index contributed by atoms with van der Waals surface area (Å²) in [6, 6.07) is 1.34. The molecule has 2 aromatic heterocycles. The number of hydrogen-bond donors (Lipinski definition) is 3. The zero-order valence-corrected chi connectivity index (χ0v) is 16.5. The smallest absolute Gasteiger partial charge is 0.381 e. The molecule has 0 aliphatic rings. The monoisotopic (exact) mass is 428 g/mol. The molecule has 2 heterocycles. The molecule has 150 valence electrons. The Balaban J connectivity index is 2.19. The molecule has 28 heavy (non-hydrogen) atoms. The normalized spacial score (nSPS) is 11.6. The lowest BCUT2D eigenvalue weighted by Crippen LogP contribution is -2.18. The minimum absolute atomic E-state index is 0.0530. The summed E-state index contributed by atoms with van der Waals surface area (Å²) >= 11 is 6.76. The number of carbonyl (C=O) groups excluding carboxylic acids is 1. The number of halogens is 1. The molecule has 1 amide bonds. The molecule has 0 unspecified atom stereocenters. The highest BCUT2D eigenvalue weighted by molar-refractivity contribution is 7.19. The van der Waals surface area contributed by atoms with Crippen molar-refractivity contribution < 1.29 is 18.7 Å². The largest absolute Gasteiger partial charge is 0.488 e. The fraction of sp³-hybridized carbons (Fsp3) is 0.267. The highest BCUT2D eigenvalue weighted by Crippen LogP contribution is 2.25. The van der Waals surface area contributed by atoms with Gasteiger partial charge in [0.15, 0.2) is 5.76 Å². The van der Waals surface area contributed by atoms with E-state index in [0.29, 0.717) is 18.8 Å². The number of rotatable bonds is 9. The first-order valence-electron chi connectivity index (χ1n) is 7.70. The van der Waals surface area contributed by atoms with Crippen molar-refractivity contribution in [3.63, 3.8) is 0 Å². The van der Waals surface area contributed by atoms with Crippen LogP contribution in [0.4, 0.5) is 16.0 Å². The zero-order chi connectivity index (χ0) is 20.5. The Hall–Kier alpha value is -2.96. The van der Waals surface area contributed by atoms with E-state index in [1.807, 2.05) is 0 Å². The number of aliphatic imine (C=N–C) groups is 1. The number of hydrogen-bond acceptors (Lipinski definition) is 11. The van der Waals surface area contributed by atoms with E-state index >= 15 is 0 Å². The number of nitrogens with zero attached hydrogens (tertiary/aromatic N) is 3. The fourth-order valence-corrected chi connectivity index (χ4v) is 2.71. The zero-order valence-electron chi connectivity index (χ0n) is 14.9. The van der Waals surface area contributed by atoms with Crippen molar-refractivity contribution in [3.8, 4) is 5.75 Å². The van der Waals surface area contributed by atoms with Gasteiger partial charge in [0.25, 0.3) is 5.91 Å². The van der Waals surface area contributed by atoms with E-state index < -0.39 is 11.5 Å². The van der Waals surface area contributed by atoms with Crippen molar-refractivity contribution >= 4 is 50.0 Å². The molecule has 0 spiro atoms. The molecule has 0 aliphatic carbocycles. The number of ether oxygens (including phenoxy) is 2. The van der Waals surface area contributed by atoms with E-state index in [1.165, 1.54) is 32.6 Å². The van der Waals surface area contributed by atoms with Crippen LogP contribution in [0, 0.1) is 0 Å². The maximum atomic E-state index is 12.4. The van der Waals surface area contributed by atoms with E-state index in [2.05, 4.69) is 25.8 Å². The van der Waals surface area contributed by atoms with Crippen LogP contribution in [0.15, 0.2) is 32.5 Å². The summed E-state index contributed by atoms with van der Waals surface area (Å²) in [5.41, 5.74) is 4.70. The number of nitrogens with two attached hydrogens (primary N) is 1. The minimum atomic E-state index is -0.807. The number of amides is 1. The molecule has 0 aromatic carbocycles. The van der Waals surface area contributed by atoms with E-state index in [4.69, 9.17) is 31.2 Å². The van der Waals surface area contributed by atoms with Crippen molar-refractivity contribution in [2.75, 3.05) is 38.0 Å². The van der Waals surface area contributed by atoms with Gasteiger partial charge in [-0.15, -0.1) is 10.2 Å². The predicted octanol–water partition coefficient (Wildman–Crippen LogP) is 1.55. The van der Waals surface area contributed by atoms with E-state index in [-0.39, 0.29) is 26.9 Å².